The van der Waals surface area contributed by atoms with E-state index in [0.717, 1.165) is 5.56 Å². The molecular formula is C19H28N2O4. The number of hydrogen-bond acceptors (Lipinski definition) is 5. The molecule has 0 radical (unpaired) electrons. The van der Waals surface area contributed by atoms with E-state index in [-0.39, 0.29) is 12.1 Å². The van der Waals surface area contributed by atoms with E-state index >= 15 is 0 Å². The van der Waals surface area contributed by atoms with Crippen molar-refractivity contribution in [1.29, 1.82) is 0 Å². The Morgan fingerprint density at radius 1 is 1.24 bits per heavy atom. The topological polar surface area (TPSA) is 81.9 Å². The minimum Gasteiger partial charge on any atom is -0.462 e. The van der Waals surface area contributed by atoms with E-state index < -0.39 is 11.1 Å². The average Bonchev–Trinajstić information content (AvgIpc) is 2.54. The third-order valence-corrected chi connectivity index (χ3v) is 4.26. The molecule has 0 aromatic heterocycles. The molecule has 2 N–H and O–H groups in total. The van der Waals surface area contributed by atoms with Gasteiger partial charge in [-0.3, -0.25) is 0 Å². The fourth-order valence-corrected chi connectivity index (χ4v) is 2.87. The molecule has 0 bridgehead atoms. The highest BCUT2D eigenvalue weighted by atomic mass is 16.6. The summed E-state index contributed by atoms with van der Waals surface area (Å²) in [5.41, 5.74) is 6.89. The van der Waals surface area contributed by atoms with Crippen LogP contribution in [0.2, 0.25) is 0 Å². The second kappa shape index (κ2) is 7.44. The van der Waals surface area contributed by atoms with Crippen molar-refractivity contribution in [3.8, 4) is 0 Å². The first-order chi connectivity index (χ1) is 11.6. The van der Waals surface area contributed by atoms with Gasteiger partial charge < -0.3 is 20.1 Å². The van der Waals surface area contributed by atoms with Crippen molar-refractivity contribution in [2.24, 2.45) is 5.73 Å². The Morgan fingerprint density at radius 2 is 1.88 bits per heavy atom. The first-order valence-corrected chi connectivity index (χ1v) is 8.69. The number of hydrogen-bond donors (Lipinski definition) is 1. The van der Waals surface area contributed by atoms with Gasteiger partial charge in [0.2, 0.25) is 0 Å². The Kier molecular flexibility index (Phi) is 5.72. The van der Waals surface area contributed by atoms with Crippen molar-refractivity contribution < 1.29 is 19.1 Å². The molecule has 1 heterocycles. The highest BCUT2D eigenvalue weighted by molar-refractivity contribution is 5.89. The van der Waals surface area contributed by atoms with Gasteiger partial charge in [-0.1, -0.05) is 12.1 Å². The average molecular weight is 348 g/mol. The Bertz CT molecular complexity index is 629. The molecule has 1 aliphatic heterocycles. The van der Waals surface area contributed by atoms with Crippen LogP contribution in [0, 0.1) is 0 Å². The Labute approximate surface area is 149 Å². The van der Waals surface area contributed by atoms with Crippen molar-refractivity contribution in [3.63, 3.8) is 0 Å². The van der Waals surface area contributed by atoms with E-state index in [1.165, 1.54) is 0 Å². The molecule has 1 aliphatic rings. The predicted molar refractivity (Wildman–Crippen MR) is 95.3 cm³/mol. The number of piperidine rings is 1. The molecular weight excluding hydrogens is 320 g/mol. The Balaban J connectivity index is 2.06. The highest BCUT2D eigenvalue weighted by Crippen LogP contribution is 2.31. The molecule has 1 amide bonds. The van der Waals surface area contributed by atoms with Gasteiger partial charge in [-0.25, -0.2) is 9.59 Å². The van der Waals surface area contributed by atoms with Crippen LogP contribution < -0.4 is 5.73 Å². The number of likely N-dealkylation sites (tertiary alicyclic amines) is 1. The number of amides is 1. The van der Waals surface area contributed by atoms with Crippen LogP contribution in [0.5, 0.6) is 0 Å². The summed E-state index contributed by atoms with van der Waals surface area (Å²) in [7, 11) is 0. The summed E-state index contributed by atoms with van der Waals surface area (Å²) >= 11 is 0. The Hall–Kier alpha value is -2.08. The van der Waals surface area contributed by atoms with Crippen molar-refractivity contribution in [2.45, 2.75) is 51.7 Å². The normalized spacial score (nSPS) is 17.1. The van der Waals surface area contributed by atoms with Gasteiger partial charge in [0.1, 0.15) is 5.60 Å². The van der Waals surface area contributed by atoms with Gasteiger partial charge in [-0.2, -0.15) is 0 Å². The molecule has 1 fully saturated rings. The highest BCUT2D eigenvalue weighted by Gasteiger charge is 2.35. The van der Waals surface area contributed by atoms with Crippen molar-refractivity contribution in [2.75, 3.05) is 19.7 Å². The molecule has 0 unspecified atom stereocenters. The van der Waals surface area contributed by atoms with Crippen LogP contribution in [-0.2, 0) is 15.0 Å². The largest absolute Gasteiger partial charge is 0.462 e. The van der Waals surface area contributed by atoms with E-state index in [9.17, 15) is 9.59 Å². The van der Waals surface area contributed by atoms with Crippen LogP contribution >= 0.6 is 0 Å². The smallest absolute Gasteiger partial charge is 0.410 e. The maximum atomic E-state index is 12.2. The number of ether oxygens (including phenoxy) is 2. The molecule has 138 valence electrons. The fraction of sp³-hybridized carbons (Fsp3) is 0.579. The summed E-state index contributed by atoms with van der Waals surface area (Å²) in [6, 6.07) is 7.25. The maximum absolute atomic E-state index is 12.2. The van der Waals surface area contributed by atoms with Crippen molar-refractivity contribution in [3.05, 3.63) is 35.4 Å². The van der Waals surface area contributed by atoms with Gasteiger partial charge in [-0.05, 0) is 58.2 Å². The monoisotopic (exact) mass is 348 g/mol. The standard InChI is InChI=1S/C19H28N2O4/c1-5-24-16(22)14-7-6-8-15(13-14)19(20)9-11-21(12-10-19)17(23)25-18(2,3)4/h6-8,13H,5,9-12,20H2,1-4H3. The zero-order valence-electron chi connectivity index (χ0n) is 15.5. The molecule has 6 nitrogen and oxygen atoms in total. The summed E-state index contributed by atoms with van der Waals surface area (Å²) in [5.74, 6) is -0.348. The van der Waals surface area contributed by atoms with Crippen molar-refractivity contribution in [1.82, 2.24) is 4.90 Å². The van der Waals surface area contributed by atoms with E-state index in [2.05, 4.69) is 0 Å². The van der Waals surface area contributed by atoms with Crippen LogP contribution in [0.3, 0.4) is 0 Å². The lowest BCUT2D eigenvalue weighted by atomic mass is 9.81. The van der Waals surface area contributed by atoms with E-state index in [1.54, 1.807) is 24.0 Å². The molecule has 2 rings (SSSR count). The third kappa shape index (κ3) is 4.95. The predicted octanol–water partition coefficient (Wildman–Crippen LogP) is 3.05. The number of esters is 1. The summed E-state index contributed by atoms with van der Waals surface area (Å²) < 4.78 is 10.5. The molecule has 1 saturated heterocycles. The zero-order chi connectivity index (χ0) is 18.7. The van der Waals surface area contributed by atoms with E-state index in [0.29, 0.717) is 38.1 Å². The molecule has 0 atom stereocenters. The van der Waals surface area contributed by atoms with Crippen LogP contribution in [-0.4, -0.2) is 42.3 Å². The SMILES string of the molecule is CCOC(=O)c1cccc(C2(N)CCN(C(=O)OC(C)(C)C)CC2)c1. The van der Waals surface area contributed by atoms with Gasteiger partial charge in [0.25, 0.3) is 0 Å². The quantitative estimate of drug-likeness (QED) is 0.849. The molecule has 6 heteroatoms. The van der Waals surface area contributed by atoms with Gasteiger partial charge in [0.15, 0.2) is 0 Å². The van der Waals surface area contributed by atoms with Gasteiger partial charge in [0.05, 0.1) is 12.2 Å². The van der Waals surface area contributed by atoms with Gasteiger partial charge >= 0.3 is 12.1 Å². The van der Waals surface area contributed by atoms with Crippen LogP contribution in [0.15, 0.2) is 24.3 Å². The number of nitrogens with zero attached hydrogens (tertiary/aromatic N) is 1. The maximum Gasteiger partial charge on any atom is 0.410 e. The summed E-state index contributed by atoms with van der Waals surface area (Å²) in [6.45, 7) is 8.71. The molecule has 25 heavy (non-hydrogen) atoms. The molecule has 0 spiro atoms. The third-order valence-electron chi connectivity index (χ3n) is 4.26. The Morgan fingerprint density at radius 3 is 2.44 bits per heavy atom. The molecule has 0 aliphatic carbocycles. The first kappa shape index (κ1) is 19.2. The van der Waals surface area contributed by atoms with Gasteiger partial charge in [-0.15, -0.1) is 0 Å². The number of rotatable bonds is 3. The van der Waals surface area contributed by atoms with Crippen molar-refractivity contribution >= 4 is 12.1 Å². The molecule has 1 aromatic carbocycles. The second-order valence-electron chi connectivity index (χ2n) is 7.42. The lowest BCUT2D eigenvalue weighted by Gasteiger charge is -2.40. The van der Waals surface area contributed by atoms with E-state index in [1.807, 2.05) is 32.9 Å². The minimum atomic E-state index is -0.568. The van der Waals surface area contributed by atoms with Crippen LogP contribution in [0.1, 0.15) is 56.5 Å². The van der Waals surface area contributed by atoms with Gasteiger partial charge in [0, 0.05) is 18.6 Å². The number of nitrogens with two attached hydrogens (primary N) is 1. The van der Waals surface area contributed by atoms with E-state index in [4.69, 9.17) is 15.2 Å². The molecule has 0 saturated carbocycles. The minimum absolute atomic E-state index is 0.310. The number of carbonyl (C=O) groups excluding carboxylic acids is 2. The van der Waals surface area contributed by atoms with Crippen LogP contribution in [0.25, 0.3) is 0 Å². The summed E-state index contributed by atoms with van der Waals surface area (Å²) in [4.78, 5) is 25.8. The number of benzene rings is 1. The lowest BCUT2D eigenvalue weighted by Crippen LogP contribution is -2.50. The molecule has 1 aromatic rings. The lowest BCUT2D eigenvalue weighted by molar-refractivity contribution is 0.0166. The second-order valence-corrected chi connectivity index (χ2v) is 7.42. The first-order valence-electron chi connectivity index (χ1n) is 8.69. The zero-order valence-corrected chi connectivity index (χ0v) is 15.5. The van der Waals surface area contributed by atoms with Crippen LogP contribution in [0.4, 0.5) is 4.79 Å². The fourth-order valence-electron chi connectivity index (χ4n) is 2.87. The summed E-state index contributed by atoms with van der Waals surface area (Å²) in [6.07, 6.45) is 0.909. The summed E-state index contributed by atoms with van der Waals surface area (Å²) in [5, 5.41) is 0. The number of carbonyl (C=O) groups is 2.